The molecule has 0 bridgehead atoms. The summed E-state index contributed by atoms with van der Waals surface area (Å²) in [5.41, 5.74) is 5.52. The van der Waals surface area contributed by atoms with Crippen molar-refractivity contribution < 1.29 is 0 Å². The highest BCUT2D eigenvalue weighted by Crippen LogP contribution is 2.18. The van der Waals surface area contributed by atoms with E-state index in [2.05, 4.69) is 27.7 Å². The third-order valence-corrected chi connectivity index (χ3v) is 2.31. The van der Waals surface area contributed by atoms with Crippen molar-refractivity contribution in [1.29, 1.82) is 0 Å². The van der Waals surface area contributed by atoms with Crippen molar-refractivity contribution in [3.63, 3.8) is 0 Å². The standard InChI is InChI=1S/C9H21N/c1-7(2)9(4)5-8(3)6-10/h7-9H,5-6,10H2,1-4H3. The number of hydrogen-bond acceptors (Lipinski definition) is 1. The molecule has 0 radical (unpaired) electrons. The van der Waals surface area contributed by atoms with Gasteiger partial charge in [0.1, 0.15) is 0 Å². The van der Waals surface area contributed by atoms with E-state index in [-0.39, 0.29) is 0 Å². The second kappa shape index (κ2) is 4.73. The molecular weight excluding hydrogens is 122 g/mol. The molecule has 62 valence electrons. The Morgan fingerprint density at radius 3 is 1.90 bits per heavy atom. The molecule has 0 amide bonds. The molecule has 0 fully saturated rings. The molecule has 1 heteroatoms. The lowest BCUT2D eigenvalue weighted by Crippen LogP contribution is -2.16. The molecule has 0 spiro atoms. The van der Waals surface area contributed by atoms with Crippen LogP contribution >= 0.6 is 0 Å². The van der Waals surface area contributed by atoms with Gasteiger partial charge in [0.25, 0.3) is 0 Å². The van der Waals surface area contributed by atoms with E-state index in [4.69, 9.17) is 5.73 Å². The Morgan fingerprint density at radius 1 is 1.10 bits per heavy atom. The normalized spacial score (nSPS) is 17.4. The average molecular weight is 143 g/mol. The second-order valence-corrected chi connectivity index (χ2v) is 3.80. The molecule has 0 aromatic heterocycles. The van der Waals surface area contributed by atoms with Crippen LogP contribution in [0.25, 0.3) is 0 Å². The topological polar surface area (TPSA) is 26.0 Å². The zero-order valence-electron chi connectivity index (χ0n) is 7.72. The largest absolute Gasteiger partial charge is 0.330 e. The van der Waals surface area contributed by atoms with Crippen LogP contribution in [-0.2, 0) is 0 Å². The molecule has 1 nitrogen and oxygen atoms in total. The summed E-state index contributed by atoms with van der Waals surface area (Å²) < 4.78 is 0. The fourth-order valence-corrected chi connectivity index (χ4v) is 1.00. The molecule has 0 saturated heterocycles. The molecule has 0 saturated carbocycles. The van der Waals surface area contributed by atoms with Crippen molar-refractivity contribution in [3.8, 4) is 0 Å². The van der Waals surface area contributed by atoms with E-state index in [1.807, 2.05) is 0 Å². The van der Waals surface area contributed by atoms with Crippen molar-refractivity contribution in [2.45, 2.75) is 34.1 Å². The summed E-state index contributed by atoms with van der Waals surface area (Å²) in [4.78, 5) is 0. The maximum Gasteiger partial charge on any atom is -0.00514 e. The van der Waals surface area contributed by atoms with Crippen molar-refractivity contribution in [3.05, 3.63) is 0 Å². The van der Waals surface area contributed by atoms with Crippen LogP contribution in [0.2, 0.25) is 0 Å². The van der Waals surface area contributed by atoms with E-state index in [9.17, 15) is 0 Å². The Bertz CT molecular complexity index is 78.8. The zero-order chi connectivity index (χ0) is 8.15. The number of rotatable bonds is 4. The lowest BCUT2D eigenvalue weighted by atomic mass is 9.89. The van der Waals surface area contributed by atoms with Gasteiger partial charge in [0, 0.05) is 0 Å². The first kappa shape index (κ1) is 9.96. The molecule has 2 N–H and O–H groups in total. The first-order valence-electron chi connectivity index (χ1n) is 4.28. The van der Waals surface area contributed by atoms with E-state index >= 15 is 0 Å². The van der Waals surface area contributed by atoms with Gasteiger partial charge in [-0.05, 0) is 30.7 Å². The van der Waals surface area contributed by atoms with Crippen molar-refractivity contribution in [2.75, 3.05) is 6.54 Å². The molecule has 2 unspecified atom stereocenters. The first-order valence-corrected chi connectivity index (χ1v) is 4.28. The van der Waals surface area contributed by atoms with E-state index in [1.54, 1.807) is 0 Å². The van der Waals surface area contributed by atoms with Gasteiger partial charge in [-0.3, -0.25) is 0 Å². The van der Waals surface area contributed by atoms with Crippen LogP contribution in [0.1, 0.15) is 34.1 Å². The number of hydrogen-bond donors (Lipinski definition) is 1. The highest BCUT2D eigenvalue weighted by Gasteiger charge is 2.10. The number of nitrogens with two attached hydrogens (primary N) is 1. The molecule has 0 aliphatic heterocycles. The average Bonchev–Trinajstić information content (AvgIpc) is 1.87. The van der Waals surface area contributed by atoms with Crippen LogP contribution in [-0.4, -0.2) is 6.54 Å². The SMILES string of the molecule is CC(CN)CC(C)C(C)C. The third-order valence-electron chi connectivity index (χ3n) is 2.31. The minimum atomic E-state index is 0.692. The van der Waals surface area contributed by atoms with Crippen molar-refractivity contribution in [2.24, 2.45) is 23.5 Å². The summed E-state index contributed by atoms with van der Waals surface area (Å²) in [6.45, 7) is 9.90. The molecule has 0 aromatic carbocycles. The third kappa shape index (κ3) is 3.89. The molecule has 0 aliphatic rings. The summed E-state index contributed by atoms with van der Waals surface area (Å²) in [6, 6.07) is 0. The van der Waals surface area contributed by atoms with Crippen molar-refractivity contribution >= 4 is 0 Å². The van der Waals surface area contributed by atoms with Gasteiger partial charge < -0.3 is 5.73 Å². The Kier molecular flexibility index (Phi) is 4.71. The minimum absolute atomic E-state index is 0.692. The fraction of sp³-hybridized carbons (Fsp3) is 1.00. The predicted molar refractivity (Wildman–Crippen MR) is 46.8 cm³/mol. The Morgan fingerprint density at radius 2 is 1.60 bits per heavy atom. The van der Waals surface area contributed by atoms with Gasteiger partial charge in [-0.25, -0.2) is 0 Å². The molecule has 0 aliphatic carbocycles. The lowest BCUT2D eigenvalue weighted by Gasteiger charge is -2.18. The van der Waals surface area contributed by atoms with Crippen LogP contribution < -0.4 is 5.73 Å². The molecule has 0 heterocycles. The summed E-state index contributed by atoms with van der Waals surface area (Å²) >= 11 is 0. The zero-order valence-corrected chi connectivity index (χ0v) is 7.72. The molecular formula is C9H21N. The van der Waals surface area contributed by atoms with Gasteiger partial charge in [0.05, 0.1) is 0 Å². The van der Waals surface area contributed by atoms with E-state index in [0.717, 1.165) is 18.4 Å². The van der Waals surface area contributed by atoms with Gasteiger partial charge in [-0.1, -0.05) is 27.7 Å². The first-order chi connectivity index (χ1) is 4.57. The molecule has 0 rings (SSSR count). The molecule has 0 aromatic rings. The quantitative estimate of drug-likeness (QED) is 0.642. The summed E-state index contributed by atoms with van der Waals surface area (Å²) in [5.74, 6) is 2.31. The van der Waals surface area contributed by atoms with Crippen LogP contribution in [0.4, 0.5) is 0 Å². The fourth-order valence-electron chi connectivity index (χ4n) is 1.00. The molecule has 2 atom stereocenters. The smallest absolute Gasteiger partial charge is 0.00514 e. The van der Waals surface area contributed by atoms with E-state index in [1.165, 1.54) is 6.42 Å². The van der Waals surface area contributed by atoms with Gasteiger partial charge in [-0.15, -0.1) is 0 Å². The van der Waals surface area contributed by atoms with Crippen LogP contribution in [0.15, 0.2) is 0 Å². The Balaban J connectivity index is 3.46. The highest BCUT2D eigenvalue weighted by molar-refractivity contribution is 4.62. The van der Waals surface area contributed by atoms with E-state index in [0.29, 0.717) is 5.92 Å². The maximum absolute atomic E-state index is 5.52. The predicted octanol–water partition coefficient (Wildman–Crippen LogP) is 2.26. The second-order valence-electron chi connectivity index (χ2n) is 3.80. The van der Waals surface area contributed by atoms with Crippen LogP contribution in [0.5, 0.6) is 0 Å². The Labute approximate surface area is 65.0 Å². The van der Waals surface area contributed by atoms with Gasteiger partial charge in [-0.2, -0.15) is 0 Å². The Hall–Kier alpha value is -0.0400. The summed E-state index contributed by atoms with van der Waals surface area (Å²) in [7, 11) is 0. The van der Waals surface area contributed by atoms with E-state index < -0.39 is 0 Å². The van der Waals surface area contributed by atoms with Crippen molar-refractivity contribution in [1.82, 2.24) is 0 Å². The molecule has 10 heavy (non-hydrogen) atoms. The van der Waals surface area contributed by atoms with Gasteiger partial charge in [0.2, 0.25) is 0 Å². The maximum atomic E-state index is 5.52. The van der Waals surface area contributed by atoms with Gasteiger partial charge in [0.15, 0.2) is 0 Å². The van der Waals surface area contributed by atoms with Crippen LogP contribution in [0, 0.1) is 17.8 Å². The summed E-state index contributed by atoms with van der Waals surface area (Å²) in [6.07, 6.45) is 1.27. The lowest BCUT2D eigenvalue weighted by molar-refractivity contribution is 0.335. The monoisotopic (exact) mass is 143 g/mol. The van der Waals surface area contributed by atoms with Crippen LogP contribution in [0.3, 0.4) is 0 Å². The summed E-state index contributed by atoms with van der Waals surface area (Å²) in [5, 5.41) is 0. The highest BCUT2D eigenvalue weighted by atomic mass is 14.5. The minimum Gasteiger partial charge on any atom is -0.330 e. The van der Waals surface area contributed by atoms with Gasteiger partial charge >= 0.3 is 0 Å².